The SMILES string of the molecule is COC(=O)C(O)N(Cc1ccccc1)/N=C(\NC(C)=O)NC(=O)OCc1ccccc1. The maximum absolute atomic E-state index is 12.2. The van der Waals surface area contributed by atoms with Gasteiger partial charge in [0.15, 0.2) is 0 Å². The highest BCUT2D eigenvalue weighted by atomic mass is 16.6. The van der Waals surface area contributed by atoms with E-state index in [-0.39, 0.29) is 19.1 Å². The number of ether oxygens (including phenoxy) is 2. The van der Waals surface area contributed by atoms with Crippen molar-refractivity contribution in [1.82, 2.24) is 15.6 Å². The lowest BCUT2D eigenvalue weighted by molar-refractivity contribution is -0.162. The summed E-state index contributed by atoms with van der Waals surface area (Å²) in [6.45, 7) is 1.20. The number of rotatable bonds is 7. The Morgan fingerprint density at radius 3 is 2.13 bits per heavy atom. The number of carbonyl (C=O) groups is 3. The second-order valence-electron chi connectivity index (χ2n) is 6.30. The maximum Gasteiger partial charge on any atom is 0.414 e. The molecule has 2 amide bonds. The van der Waals surface area contributed by atoms with Gasteiger partial charge in [-0.25, -0.2) is 9.59 Å². The van der Waals surface area contributed by atoms with Gasteiger partial charge in [-0.1, -0.05) is 60.7 Å². The van der Waals surface area contributed by atoms with Crippen LogP contribution in [-0.4, -0.2) is 47.4 Å². The average Bonchev–Trinajstić information content (AvgIpc) is 2.77. The van der Waals surface area contributed by atoms with E-state index in [4.69, 9.17) is 4.74 Å². The van der Waals surface area contributed by atoms with Crippen molar-refractivity contribution in [2.24, 2.45) is 5.10 Å². The summed E-state index contributed by atoms with van der Waals surface area (Å²) in [5.74, 6) is -1.83. The van der Waals surface area contributed by atoms with E-state index in [2.05, 4.69) is 20.5 Å². The third kappa shape index (κ3) is 8.15. The van der Waals surface area contributed by atoms with Crippen LogP contribution in [0.25, 0.3) is 0 Å². The van der Waals surface area contributed by atoms with Crippen LogP contribution in [0.5, 0.6) is 0 Å². The van der Waals surface area contributed by atoms with E-state index in [0.29, 0.717) is 5.56 Å². The number of carbonyl (C=O) groups excluding carboxylic acids is 3. The van der Waals surface area contributed by atoms with Crippen molar-refractivity contribution in [1.29, 1.82) is 0 Å². The minimum absolute atomic E-state index is 0.00145. The first-order valence-corrected chi connectivity index (χ1v) is 9.29. The molecule has 0 aliphatic carbocycles. The zero-order valence-electron chi connectivity index (χ0n) is 17.1. The summed E-state index contributed by atoms with van der Waals surface area (Å²) in [6, 6.07) is 17.9. The molecule has 0 saturated carbocycles. The lowest BCUT2D eigenvalue weighted by Gasteiger charge is -2.24. The molecule has 31 heavy (non-hydrogen) atoms. The number of guanidine groups is 1. The molecule has 0 aliphatic heterocycles. The third-order valence-corrected chi connectivity index (χ3v) is 3.84. The van der Waals surface area contributed by atoms with Crippen LogP contribution in [-0.2, 0) is 32.2 Å². The summed E-state index contributed by atoms with van der Waals surface area (Å²) < 4.78 is 9.68. The average molecular weight is 428 g/mol. The molecule has 0 radical (unpaired) electrons. The molecule has 0 spiro atoms. The van der Waals surface area contributed by atoms with Gasteiger partial charge >= 0.3 is 12.1 Å². The molecule has 0 aliphatic rings. The Balaban J connectivity index is 2.18. The van der Waals surface area contributed by atoms with Crippen LogP contribution in [0.4, 0.5) is 4.79 Å². The molecule has 2 rings (SSSR count). The van der Waals surface area contributed by atoms with Crippen molar-refractivity contribution < 1.29 is 29.0 Å². The summed E-state index contributed by atoms with van der Waals surface area (Å²) in [6.07, 6.45) is -2.67. The van der Waals surface area contributed by atoms with Crippen molar-refractivity contribution in [3.63, 3.8) is 0 Å². The van der Waals surface area contributed by atoms with Crippen LogP contribution in [0.1, 0.15) is 18.1 Å². The normalized spacial score (nSPS) is 11.8. The number of alkyl carbamates (subject to hydrolysis) is 1. The number of aliphatic hydroxyl groups excluding tert-OH is 1. The molecule has 2 aromatic carbocycles. The van der Waals surface area contributed by atoms with Gasteiger partial charge in [0, 0.05) is 6.92 Å². The second kappa shape index (κ2) is 11.9. The number of nitrogens with zero attached hydrogens (tertiary/aromatic N) is 2. The maximum atomic E-state index is 12.2. The predicted octanol–water partition coefficient (Wildman–Crippen LogP) is 1.31. The van der Waals surface area contributed by atoms with Crippen LogP contribution in [0, 0.1) is 0 Å². The lowest BCUT2D eigenvalue weighted by atomic mass is 10.2. The van der Waals surface area contributed by atoms with Crippen LogP contribution in [0.3, 0.4) is 0 Å². The minimum atomic E-state index is -1.78. The van der Waals surface area contributed by atoms with Gasteiger partial charge in [-0.2, -0.15) is 0 Å². The molecule has 2 aromatic rings. The highest BCUT2D eigenvalue weighted by Crippen LogP contribution is 2.09. The predicted molar refractivity (Wildman–Crippen MR) is 111 cm³/mol. The Hall–Kier alpha value is -3.92. The first-order valence-electron chi connectivity index (χ1n) is 9.29. The molecule has 3 N–H and O–H groups in total. The molecule has 0 heterocycles. The van der Waals surface area contributed by atoms with Gasteiger partial charge in [-0.05, 0) is 11.1 Å². The number of hydrogen-bond acceptors (Lipinski definition) is 8. The van der Waals surface area contributed by atoms with Crippen molar-refractivity contribution >= 4 is 23.9 Å². The largest absolute Gasteiger partial charge is 0.466 e. The minimum Gasteiger partial charge on any atom is -0.466 e. The number of methoxy groups -OCH3 is 1. The van der Waals surface area contributed by atoms with E-state index in [9.17, 15) is 19.5 Å². The van der Waals surface area contributed by atoms with Crippen molar-refractivity contribution in [3.8, 4) is 0 Å². The van der Waals surface area contributed by atoms with E-state index in [0.717, 1.165) is 17.7 Å². The summed E-state index contributed by atoms with van der Waals surface area (Å²) in [5, 5.41) is 19.9. The Labute approximate surface area is 179 Å². The second-order valence-corrected chi connectivity index (χ2v) is 6.30. The van der Waals surface area contributed by atoms with Gasteiger partial charge in [0.1, 0.15) is 6.61 Å². The first-order chi connectivity index (χ1) is 14.9. The molecule has 1 atom stereocenters. The standard InChI is InChI=1S/C21H24N4O6/c1-15(26)22-20(23-21(29)31-14-17-11-7-4-8-12-17)24-25(18(27)19(28)30-2)13-16-9-5-3-6-10-16/h3-12,18,27H,13-14H2,1-2H3,(H2,22,23,24,26,29). The Kier molecular flexibility index (Phi) is 8.99. The van der Waals surface area contributed by atoms with E-state index in [1.54, 1.807) is 54.6 Å². The number of amides is 2. The van der Waals surface area contributed by atoms with Gasteiger partial charge in [0.2, 0.25) is 18.1 Å². The molecule has 10 nitrogen and oxygen atoms in total. The van der Waals surface area contributed by atoms with E-state index in [1.165, 1.54) is 6.92 Å². The quantitative estimate of drug-likeness (QED) is 0.199. The topological polar surface area (TPSA) is 130 Å². The zero-order chi connectivity index (χ0) is 22.6. The molecule has 0 fully saturated rings. The third-order valence-electron chi connectivity index (χ3n) is 3.84. The van der Waals surface area contributed by atoms with E-state index < -0.39 is 24.2 Å². The fourth-order valence-corrected chi connectivity index (χ4v) is 2.41. The van der Waals surface area contributed by atoms with Crippen LogP contribution in [0.2, 0.25) is 0 Å². The number of benzene rings is 2. The van der Waals surface area contributed by atoms with Gasteiger partial charge in [0.25, 0.3) is 0 Å². The van der Waals surface area contributed by atoms with Gasteiger partial charge < -0.3 is 14.6 Å². The summed E-state index contributed by atoms with van der Waals surface area (Å²) in [4.78, 5) is 35.6. The molecular weight excluding hydrogens is 404 g/mol. The fourth-order valence-electron chi connectivity index (χ4n) is 2.41. The van der Waals surface area contributed by atoms with Crippen molar-refractivity contribution in [3.05, 3.63) is 71.8 Å². The van der Waals surface area contributed by atoms with Gasteiger partial charge in [-0.15, -0.1) is 5.10 Å². The molecule has 0 aromatic heterocycles. The highest BCUT2D eigenvalue weighted by Gasteiger charge is 2.25. The molecule has 10 heteroatoms. The van der Waals surface area contributed by atoms with Crippen LogP contribution >= 0.6 is 0 Å². The van der Waals surface area contributed by atoms with E-state index in [1.807, 2.05) is 6.07 Å². The molecule has 164 valence electrons. The van der Waals surface area contributed by atoms with E-state index >= 15 is 0 Å². The van der Waals surface area contributed by atoms with Crippen LogP contribution < -0.4 is 10.6 Å². The van der Waals surface area contributed by atoms with Gasteiger partial charge in [-0.3, -0.25) is 20.4 Å². The van der Waals surface area contributed by atoms with Crippen molar-refractivity contribution in [2.45, 2.75) is 26.3 Å². The lowest BCUT2D eigenvalue weighted by Crippen LogP contribution is -2.47. The summed E-state index contributed by atoms with van der Waals surface area (Å²) in [7, 11) is 1.11. The number of hydrazone groups is 1. The number of esters is 1. The number of aliphatic hydroxyl groups is 1. The molecule has 0 bridgehead atoms. The molecular formula is C21H24N4O6. The fraction of sp³-hybridized carbons (Fsp3) is 0.238. The Bertz CT molecular complexity index is 905. The number of hydrogen-bond donors (Lipinski definition) is 3. The molecule has 1 unspecified atom stereocenters. The Morgan fingerprint density at radius 1 is 1.00 bits per heavy atom. The first kappa shape index (κ1) is 23.4. The highest BCUT2D eigenvalue weighted by molar-refractivity contribution is 6.02. The summed E-state index contributed by atoms with van der Waals surface area (Å²) in [5.41, 5.74) is 1.48. The Morgan fingerprint density at radius 2 is 1.58 bits per heavy atom. The van der Waals surface area contributed by atoms with Crippen molar-refractivity contribution in [2.75, 3.05) is 7.11 Å². The number of nitrogens with one attached hydrogen (secondary N) is 2. The summed E-state index contributed by atoms with van der Waals surface area (Å²) >= 11 is 0. The zero-order valence-corrected chi connectivity index (χ0v) is 17.1. The smallest absolute Gasteiger partial charge is 0.414 e. The van der Waals surface area contributed by atoms with Gasteiger partial charge in [0.05, 0.1) is 13.7 Å². The van der Waals surface area contributed by atoms with Crippen LogP contribution in [0.15, 0.2) is 65.8 Å². The monoisotopic (exact) mass is 428 g/mol. The molecule has 0 saturated heterocycles.